The van der Waals surface area contributed by atoms with E-state index in [0.717, 1.165) is 35.5 Å². The van der Waals surface area contributed by atoms with Crippen molar-refractivity contribution in [3.8, 4) is 0 Å². The molecular formula is C14H23N2O2S+. The first-order valence-corrected chi connectivity index (χ1v) is 7.63. The third-order valence-electron chi connectivity index (χ3n) is 3.75. The number of quaternary nitrogens is 1. The minimum absolute atomic E-state index is 0.128. The molecule has 0 spiro atoms. The zero-order valence-corrected chi connectivity index (χ0v) is 12.8. The maximum atomic E-state index is 11.5. The first kappa shape index (κ1) is 14.5. The Morgan fingerprint density at radius 2 is 2.11 bits per heavy atom. The van der Waals surface area contributed by atoms with Crippen LogP contribution in [0.3, 0.4) is 0 Å². The second kappa shape index (κ2) is 6.03. The van der Waals surface area contributed by atoms with Crippen LogP contribution in [0.1, 0.15) is 11.8 Å². The van der Waals surface area contributed by atoms with Gasteiger partial charge >= 0.3 is 5.97 Å². The average molecular weight is 283 g/mol. The Labute approximate surface area is 119 Å². The second-order valence-electron chi connectivity index (χ2n) is 5.37. The van der Waals surface area contributed by atoms with Crippen molar-refractivity contribution in [1.29, 1.82) is 0 Å². The van der Waals surface area contributed by atoms with Gasteiger partial charge in [0.05, 0.1) is 33.2 Å². The van der Waals surface area contributed by atoms with Crippen LogP contribution in [0.2, 0.25) is 0 Å². The van der Waals surface area contributed by atoms with E-state index in [0.29, 0.717) is 13.0 Å². The Balaban J connectivity index is 2.02. The summed E-state index contributed by atoms with van der Waals surface area (Å²) in [5.41, 5.74) is 0. The Morgan fingerprint density at radius 3 is 2.74 bits per heavy atom. The van der Waals surface area contributed by atoms with Crippen LogP contribution in [0, 0.1) is 0 Å². The highest BCUT2D eigenvalue weighted by Gasteiger charge is 2.31. The monoisotopic (exact) mass is 283 g/mol. The SMILES string of the molecule is CCOC(=O)Cc1ccc([N+]2(C)CCN(C)CC2)s1. The second-order valence-corrected chi connectivity index (χ2v) is 6.51. The van der Waals surface area contributed by atoms with Crippen LogP contribution in [-0.2, 0) is 16.0 Å². The lowest BCUT2D eigenvalue weighted by molar-refractivity contribution is -0.142. The quantitative estimate of drug-likeness (QED) is 0.623. The predicted octanol–water partition coefficient (Wildman–Crippen LogP) is 1.74. The van der Waals surface area contributed by atoms with Crippen LogP contribution in [0.4, 0.5) is 5.00 Å². The fraction of sp³-hybridized carbons (Fsp3) is 0.643. The fourth-order valence-corrected chi connectivity index (χ4v) is 3.47. The molecule has 1 aliphatic heterocycles. The molecule has 0 unspecified atom stereocenters. The Bertz CT molecular complexity index is 436. The van der Waals surface area contributed by atoms with Crippen LogP contribution < -0.4 is 4.48 Å². The summed E-state index contributed by atoms with van der Waals surface area (Å²) >= 11 is 1.75. The number of likely N-dealkylation sites (N-methyl/N-ethyl adjacent to an activating group) is 2. The molecule has 0 aliphatic carbocycles. The summed E-state index contributed by atoms with van der Waals surface area (Å²) in [6, 6.07) is 4.24. The largest absolute Gasteiger partial charge is 0.466 e. The minimum atomic E-state index is -0.128. The highest BCUT2D eigenvalue weighted by molar-refractivity contribution is 7.15. The molecule has 1 aromatic heterocycles. The lowest BCUT2D eigenvalue weighted by atomic mass is 10.3. The van der Waals surface area contributed by atoms with Crippen molar-refractivity contribution in [2.45, 2.75) is 13.3 Å². The number of hydrogen-bond donors (Lipinski definition) is 0. The van der Waals surface area contributed by atoms with Crippen LogP contribution in [-0.4, -0.2) is 57.8 Å². The van der Waals surface area contributed by atoms with Crippen molar-refractivity contribution in [1.82, 2.24) is 9.38 Å². The van der Waals surface area contributed by atoms with E-state index < -0.39 is 0 Å². The van der Waals surface area contributed by atoms with E-state index in [2.05, 4.69) is 31.1 Å². The van der Waals surface area contributed by atoms with E-state index in [1.165, 1.54) is 5.00 Å². The summed E-state index contributed by atoms with van der Waals surface area (Å²) in [5, 5.41) is 1.35. The molecule has 106 valence electrons. The van der Waals surface area contributed by atoms with Crippen molar-refractivity contribution in [3.63, 3.8) is 0 Å². The minimum Gasteiger partial charge on any atom is -0.466 e. The number of nitrogens with zero attached hydrogens (tertiary/aromatic N) is 2. The van der Waals surface area contributed by atoms with E-state index in [9.17, 15) is 4.79 Å². The lowest BCUT2D eigenvalue weighted by Gasteiger charge is -2.39. The van der Waals surface area contributed by atoms with E-state index in [4.69, 9.17) is 4.74 Å². The van der Waals surface area contributed by atoms with Crippen LogP contribution >= 0.6 is 11.3 Å². The van der Waals surface area contributed by atoms with Gasteiger partial charge in [-0.2, -0.15) is 0 Å². The van der Waals surface area contributed by atoms with Crippen molar-refractivity contribution in [2.75, 3.05) is 46.9 Å². The molecule has 1 aromatic rings. The molecule has 0 amide bonds. The van der Waals surface area contributed by atoms with Gasteiger partial charge in [-0.3, -0.25) is 14.2 Å². The molecule has 0 N–H and O–H groups in total. The van der Waals surface area contributed by atoms with E-state index in [-0.39, 0.29) is 5.97 Å². The third kappa shape index (κ3) is 3.55. The van der Waals surface area contributed by atoms with Crippen molar-refractivity contribution in [2.24, 2.45) is 0 Å². The highest BCUT2D eigenvalue weighted by Crippen LogP contribution is 2.31. The van der Waals surface area contributed by atoms with E-state index >= 15 is 0 Å². The number of rotatable bonds is 4. The summed E-state index contributed by atoms with van der Waals surface area (Å²) in [6.45, 7) is 6.82. The first-order valence-electron chi connectivity index (χ1n) is 6.81. The molecule has 2 heterocycles. The summed E-state index contributed by atoms with van der Waals surface area (Å²) in [5.74, 6) is -0.128. The van der Waals surface area contributed by atoms with Gasteiger partial charge in [0.15, 0.2) is 5.00 Å². The van der Waals surface area contributed by atoms with Crippen LogP contribution in [0.5, 0.6) is 0 Å². The summed E-state index contributed by atoms with van der Waals surface area (Å²) in [4.78, 5) is 15.0. The molecule has 0 atom stereocenters. The van der Waals surface area contributed by atoms with Crippen molar-refractivity contribution in [3.05, 3.63) is 17.0 Å². The number of ether oxygens (including phenoxy) is 1. The number of carbonyl (C=O) groups is 1. The van der Waals surface area contributed by atoms with Gasteiger partial charge in [0.25, 0.3) is 0 Å². The Kier molecular flexibility index (Phi) is 4.60. The molecule has 0 bridgehead atoms. The molecule has 1 aliphatic rings. The lowest BCUT2D eigenvalue weighted by Crippen LogP contribution is -2.57. The first-order chi connectivity index (χ1) is 9.03. The molecule has 1 saturated heterocycles. The third-order valence-corrected chi connectivity index (χ3v) is 5.08. The normalized spacial score (nSPS) is 19.3. The van der Waals surface area contributed by atoms with Crippen LogP contribution in [0.25, 0.3) is 0 Å². The standard InChI is InChI=1S/C14H23N2O2S/c1-4-18-14(17)11-12-5-6-13(19-12)16(3)9-7-15(2)8-10-16/h5-6H,4,7-11H2,1-3H3/q+1. The van der Waals surface area contributed by atoms with Gasteiger partial charge in [-0.15, -0.1) is 0 Å². The molecule has 0 saturated carbocycles. The highest BCUT2D eigenvalue weighted by atomic mass is 32.1. The molecule has 5 heteroatoms. The number of piperazine rings is 1. The Morgan fingerprint density at radius 1 is 1.42 bits per heavy atom. The summed E-state index contributed by atoms with van der Waals surface area (Å²) in [7, 11) is 4.46. The van der Waals surface area contributed by atoms with Crippen molar-refractivity contribution >= 4 is 22.3 Å². The zero-order valence-electron chi connectivity index (χ0n) is 12.0. The Hall–Kier alpha value is -0.910. The molecule has 4 nitrogen and oxygen atoms in total. The molecule has 0 radical (unpaired) electrons. The van der Waals surface area contributed by atoms with Gasteiger partial charge in [0.2, 0.25) is 0 Å². The van der Waals surface area contributed by atoms with Gasteiger partial charge in [-0.25, -0.2) is 0 Å². The summed E-state index contributed by atoms with van der Waals surface area (Å²) < 4.78 is 5.98. The maximum Gasteiger partial charge on any atom is 0.311 e. The predicted molar refractivity (Wildman–Crippen MR) is 79.6 cm³/mol. The number of thiophene rings is 1. The molecular weight excluding hydrogens is 260 g/mol. The topological polar surface area (TPSA) is 29.5 Å². The smallest absolute Gasteiger partial charge is 0.311 e. The fourth-order valence-electron chi connectivity index (χ4n) is 2.33. The van der Waals surface area contributed by atoms with Gasteiger partial charge in [-0.05, 0) is 20.0 Å². The van der Waals surface area contributed by atoms with E-state index in [1.54, 1.807) is 11.3 Å². The van der Waals surface area contributed by atoms with Gasteiger partial charge < -0.3 is 4.74 Å². The van der Waals surface area contributed by atoms with Gasteiger partial charge in [-0.1, -0.05) is 11.3 Å². The number of carbonyl (C=O) groups excluding carboxylic acids is 1. The van der Waals surface area contributed by atoms with Crippen molar-refractivity contribution < 1.29 is 9.53 Å². The van der Waals surface area contributed by atoms with Gasteiger partial charge in [0, 0.05) is 24.0 Å². The average Bonchev–Trinajstić information content (AvgIpc) is 2.82. The molecule has 1 fully saturated rings. The number of hydrogen-bond acceptors (Lipinski definition) is 4. The molecule has 0 aromatic carbocycles. The van der Waals surface area contributed by atoms with Crippen LogP contribution in [0.15, 0.2) is 12.1 Å². The summed E-state index contributed by atoms with van der Waals surface area (Å²) in [6.07, 6.45) is 0.401. The molecule has 2 rings (SSSR count). The number of esters is 1. The van der Waals surface area contributed by atoms with Gasteiger partial charge in [0.1, 0.15) is 0 Å². The molecule has 19 heavy (non-hydrogen) atoms. The van der Waals surface area contributed by atoms with E-state index in [1.807, 2.05) is 6.92 Å². The zero-order chi connectivity index (χ0) is 13.9. The maximum absolute atomic E-state index is 11.5.